The van der Waals surface area contributed by atoms with E-state index < -0.39 is 5.60 Å². The number of amides is 1. The van der Waals surface area contributed by atoms with Crippen LogP contribution in [-0.2, 0) is 5.60 Å². The average Bonchev–Trinajstić information content (AvgIpc) is 3.35. The van der Waals surface area contributed by atoms with Crippen molar-refractivity contribution in [1.29, 1.82) is 0 Å². The summed E-state index contributed by atoms with van der Waals surface area (Å²) in [7, 11) is 0. The van der Waals surface area contributed by atoms with Crippen molar-refractivity contribution >= 4 is 5.91 Å². The summed E-state index contributed by atoms with van der Waals surface area (Å²) in [5.41, 5.74) is 0.789. The summed E-state index contributed by atoms with van der Waals surface area (Å²) < 4.78 is 1.73. The lowest BCUT2D eigenvalue weighted by atomic mass is 10.00. The van der Waals surface area contributed by atoms with Crippen LogP contribution in [0.1, 0.15) is 22.5 Å². The molecule has 24 heavy (non-hydrogen) atoms. The van der Waals surface area contributed by atoms with Gasteiger partial charge >= 0.3 is 0 Å². The van der Waals surface area contributed by atoms with Gasteiger partial charge in [0.25, 0.3) is 5.91 Å². The molecule has 1 atom stereocenters. The molecule has 1 aliphatic rings. The molecule has 0 saturated carbocycles. The maximum absolute atomic E-state index is 12.7. The number of aliphatic hydroxyl groups is 1. The van der Waals surface area contributed by atoms with Crippen LogP contribution in [0.4, 0.5) is 0 Å². The first kappa shape index (κ1) is 14.6. The molecule has 0 radical (unpaired) electrons. The number of benzene rings is 1. The number of hydrogen-bond acceptors (Lipinski definition) is 5. The second kappa shape index (κ2) is 5.57. The molecule has 0 aliphatic carbocycles. The standard InChI is InChI=1S/C16H16N6O2/c23-15(12-2-4-13(5-3-12)22-8-1-7-18-22)21-9-6-16(24,11-21)14-10-17-20-19-14/h1-5,7-8,10,24H,6,9,11H2,(H,17,19,20). The summed E-state index contributed by atoms with van der Waals surface area (Å²) in [6.45, 7) is 0.683. The Morgan fingerprint density at radius 3 is 2.79 bits per heavy atom. The van der Waals surface area contributed by atoms with E-state index in [1.54, 1.807) is 27.9 Å². The van der Waals surface area contributed by atoms with Gasteiger partial charge in [-0.25, -0.2) is 4.68 Å². The van der Waals surface area contributed by atoms with Gasteiger partial charge < -0.3 is 10.0 Å². The van der Waals surface area contributed by atoms with Gasteiger partial charge in [-0.2, -0.15) is 20.5 Å². The Morgan fingerprint density at radius 1 is 1.29 bits per heavy atom. The van der Waals surface area contributed by atoms with Crippen LogP contribution in [0, 0.1) is 0 Å². The van der Waals surface area contributed by atoms with Crippen LogP contribution in [0.15, 0.2) is 48.9 Å². The molecule has 1 aliphatic heterocycles. The minimum atomic E-state index is -1.14. The Balaban J connectivity index is 1.50. The van der Waals surface area contributed by atoms with Crippen LogP contribution < -0.4 is 0 Å². The fourth-order valence-corrected chi connectivity index (χ4v) is 2.96. The van der Waals surface area contributed by atoms with Crippen LogP contribution in [0.25, 0.3) is 5.69 Å². The van der Waals surface area contributed by atoms with Gasteiger partial charge in [0.15, 0.2) is 0 Å². The number of rotatable bonds is 3. The molecular formula is C16H16N6O2. The third kappa shape index (κ3) is 2.46. The summed E-state index contributed by atoms with van der Waals surface area (Å²) in [6, 6.07) is 9.08. The van der Waals surface area contributed by atoms with Gasteiger partial charge in [0.1, 0.15) is 11.3 Å². The van der Waals surface area contributed by atoms with Crippen LogP contribution in [0.3, 0.4) is 0 Å². The number of β-amino-alcohol motifs (C(OH)–C–C–N with tert-alkyl or cyclic N) is 1. The van der Waals surface area contributed by atoms with Crippen LogP contribution in [0.5, 0.6) is 0 Å². The minimum absolute atomic E-state index is 0.110. The number of H-pyrrole nitrogens is 1. The van der Waals surface area contributed by atoms with E-state index in [0.717, 1.165) is 5.69 Å². The van der Waals surface area contributed by atoms with Crippen molar-refractivity contribution in [3.63, 3.8) is 0 Å². The zero-order valence-corrected chi connectivity index (χ0v) is 12.8. The first-order valence-electron chi connectivity index (χ1n) is 7.64. The highest BCUT2D eigenvalue weighted by atomic mass is 16.3. The summed E-state index contributed by atoms with van der Waals surface area (Å²) >= 11 is 0. The summed E-state index contributed by atoms with van der Waals surface area (Å²) in [6.07, 6.45) is 5.48. The molecule has 0 spiro atoms. The molecular weight excluding hydrogens is 308 g/mol. The number of nitrogens with one attached hydrogen (secondary N) is 1. The van der Waals surface area contributed by atoms with E-state index in [1.165, 1.54) is 6.20 Å². The van der Waals surface area contributed by atoms with E-state index in [-0.39, 0.29) is 12.5 Å². The number of hydrogen-bond donors (Lipinski definition) is 2. The predicted octanol–water partition coefficient (Wildman–Crippen LogP) is 0.724. The molecule has 3 heterocycles. The van der Waals surface area contributed by atoms with Gasteiger partial charge in [0, 0.05) is 30.9 Å². The van der Waals surface area contributed by atoms with E-state index in [2.05, 4.69) is 20.5 Å². The Hall–Kier alpha value is -3.00. The third-order valence-corrected chi connectivity index (χ3v) is 4.31. The Kier molecular flexibility index (Phi) is 3.39. The van der Waals surface area contributed by atoms with Crippen molar-refractivity contribution < 1.29 is 9.90 Å². The number of carbonyl (C=O) groups excluding carboxylic acids is 1. The van der Waals surface area contributed by atoms with Crippen LogP contribution in [0.2, 0.25) is 0 Å². The maximum Gasteiger partial charge on any atom is 0.253 e. The molecule has 1 saturated heterocycles. The largest absolute Gasteiger partial charge is 0.381 e. The quantitative estimate of drug-likeness (QED) is 0.739. The summed E-state index contributed by atoms with van der Waals surface area (Å²) in [5.74, 6) is -0.110. The van der Waals surface area contributed by atoms with Crippen molar-refractivity contribution in [1.82, 2.24) is 30.1 Å². The van der Waals surface area contributed by atoms with Gasteiger partial charge in [-0.05, 0) is 30.3 Å². The van der Waals surface area contributed by atoms with Crippen LogP contribution in [-0.4, -0.2) is 54.2 Å². The molecule has 8 heteroatoms. The molecule has 1 unspecified atom stereocenters. The minimum Gasteiger partial charge on any atom is -0.381 e. The molecule has 0 bridgehead atoms. The van der Waals surface area contributed by atoms with Gasteiger partial charge in [0.05, 0.1) is 18.4 Å². The van der Waals surface area contributed by atoms with Gasteiger partial charge in [0.2, 0.25) is 0 Å². The molecule has 1 fully saturated rings. The number of likely N-dealkylation sites (tertiary alicyclic amines) is 1. The smallest absolute Gasteiger partial charge is 0.253 e. The summed E-state index contributed by atoms with van der Waals surface area (Å²) in [5, 5.41) is 25.0. The fourth-order valence-electron chi connectivity index (χ4n) is 2.96. The monoisotopic (exact) mass is 324 g/mol. The average molecular weight is 324 g/mol. The molecule has 1 amide bonds. The fraction of sp³-hybridized carbons (Fsp3) is 0.250. The molecule has 4 rings (SSSR count). The molecule has 122 valence electrons. The van der Waals surface area contributed by atoms with Crippen molar-refractivity contribution in [3.05, 3.63) is 60.2 Å². The Morgan fingerprint density at radius 2 is 2.12 bits per heavy atom. The molecule has 1 aromatic carbocycles. The first-order valence-corrected chi connectivity index (χ1v) is 7.64. The summed E-state index contributed by atoms with van der Waals surface area (Å²) in [4.78, 5) is 14.3. The lowest BCUT2D eigenvalue weighted by Gasteiger charge is -2.21. The predicted molar refractivity (Wildman–Crippen MR) is 84.4 cm³/mol. The highest BCUT2D eigenvalue weighted by molar-refractivity contribution is 5.94. The number of carbonyl (C=O) groups is 1. The zero-order chi connectivity index (χ0) is 16.6. The SMILES string of the molecule is O=C(c1ccc(-n2cccn2)cc1)N1CCC(O)(c2cn[nH]n2)C1. The van der Waals surface area contributed by atoms with Gasteiger partial charge in [-0.3, -0.25) is 4.79 Å². The number of nitrogens with zero attached hydrogens (tertiary/aromatic N) is 5. The second-order valence-corrected chi connectivity index (χ2v) is 5.86. The molecule has 2 aromatic heterocycles. The highest BCUT2D eigenvalue weighted by Gasteiger charge is 2.41. The molecule has 3 aromatic rings. The maximum atomic E-state index is 12.7. The lowest BCUT2D eigenvalue weighted by Crippen LogP contribution is -2.34. The molecule has 8 nitrogen and oxygen atoms in total. The normalized spacial score (nSPS) is 20.5. The topological polar surface area (TPSA) is 99.9 Å². The van der Waals surface area contributed by atoms with Gasteiger partial charge in [-0.1, -0.05) is 0 Å². The van der Waals surface area contributed by atoms with E-state index in [0.29, 0.717) is 24.2 Å². The van der Waals surface area contributed by atoms with E-state index in [9.17, 15) is 9.90 Å². The van der Waals surface area contributed by atoms with E-state index in [1.807, 2.05) is 24.4 Å². The van der Waals surface area contributed by atoms with E-state index >= 15 is 0 Å². The van der Waals surface area contributed by atoms with Gasteiger partial charge in [-0.15, -0.1) is 0 Å². The second-order valence-electron chi connectivity index (χ2n) is 5.86. The van der Waals surface area contributed by atoms with Crippen molar-refractivity contribution in [2.24, 2.45) is 0 Å². The van der Waals surface area contributed by atoms with E-state index in [4.69, 9.17) is 0 Å². The Bertz CT molecular complexity index is 828. The highest BCUT2D eigenvalue weighted by Crippen LogP contribution is 2.31. The lowest BCUT2D eigenvalue weighted by molar-refractivity contribution is 0.0382. The molecule has 2 N–H and O–H groups in total. The Labute approximate surface area is 137 Å². The zero-order valence-electron chi connectivity index (χ0n) is 12.8. The van der Waals surface area contributed by atoms with Crippen LogP contribution >= 0.6 is 0 Å². The first-order chi connectivity index (χ1) is 11.7. The third-order valence-electron chi connectivity index (χ3n) is 4.31. The number of aromatic nitrogens is 5. The number of aromatic amines is 1. The van der Waals surface area contributed by atoms with Crippen molar-refractivity contribution in [2.45, 2.75) is 12.0 Å². The van der Waals surface area contributed by atoms with Crippen molar-refractivity contribution in [3.8, 4) is 5.69 Å². The van der Waals surface area contributed by atoms with Crippen molar-refractivity contribution in [2.75, 3.05) is 13.1 Å².